The van der Waals surface area contributed by atoms with Crippen LogP contribution in [-0.4, -0.2) is 54.4 Å². The summed E-state index contributed by atoms with van der Waals surface area (Å²) in [6.07, 6.45) is 7.75. The van der Waals surface area contributed by atoms with Gasteiger partial charge in [-0.15, -0.1) is 0 Å². The first-order chi connectivity index (χ1) is 18.2. The Kier molecular flexibility index (Phi) is 9.27. The lowest BCUT2D eigenvalue weighted by Crippen LogP contribution is -2.49. The van der Waals surface area contributed by atoms with Crippen molar-refractivity contribution in [1.82, 2.24) is 25.3 Å². The minimum Gasteiger partial charge on any atom is -0.617 e. The molecule has 9 nitrogen and oxygen atoms in total. The molecule has 1 unspecified atom stereocenters. The van der Waals surface area contributed by atoms with Gasteiger partial charge in [0.15, 0.2) is 0 Å². The summed E-state index contributed by atoms with van der Waals surface area (Å²) in [7, 11) is 0. The number of hydrogen-bond acceptors (Lipinski definition) is 5. The van der Waals surface area contributed by atoms with Gasteiger partial charge >= 0.3 is 0 Å². The third-order valence-corrected chi connectivity index (χ3v) is 8.28. The number of aromatic amines is 1. The quantitative estimate of drug-likeness (QED) is 0.333. The number of aromatic nitrogens is 4. The number of rotatable bonds is 10. The monoisotopic (exact) mass is 538 g/mol. The molecule has 0 spiro atoms. The molecule has 38 heavy (non-hydrogen) atoms. The number of carbonyl (C=O) groups excluding carboxylic acids is 2. The number of carbonyl (C=O) groups is 2. The SMILES string of the molecule is Cc1n[nH]c(C)c1-c1ccc(NC(=O)[C@@H](NC(=O)c2ccnn2CCC[S+](C)[O-])[C@H]2CC[C@H](C)CC2)cc1. The van der Waals surface area contributed by atoms with Gasteiger partial charge in [-0.05, 0) is 62.3 Å². The lowest BCUT2D eigenvalue weighted by atomic mass is 9.79. The number of hydrogen-bond donors (Lipinski definition) is 3. The molecule has 204 valence electrons. The van der Waals surface area contributed by atoms with Gasteiger partial charge in [-0.3, -0.25) is 19.4 Å². The number of benzene rings is 1. The predicted octanol–water partition coefficient (Wildman–Crippen LogP) is 4.22. The fraction of sp³-hybridized carbons (Fsp3) is 0.500. The van der Waals surface area contributed by atoms with Crippen molar-refractivity contribution in [3.63, 3.8) is 0 Å². The van der Waals surface area contributed by atoms with Gasteiger partial charge in [0.25, 0.3) is 5.91 Å². The number of nitrogens with one attached hydrogen (secondary N) is 3. The smallest absolute Gasteiger partial charge is 0.270 e. The highest BCUT2D eigenvalue weighted by Crippen LogP contribution is 2.31. The zero-order valence-electron chi connectivity index (χ0n) is 22.6. The number of H-pyrrole nitrogens is 1. The van der Waals surface area contributed by atoms with Crippen LogP contribution in [0.15, 0.2) is 36.5 Å². The van der Waals surface area contributed by atoms with Crippen molar-refractivity contribution in [3.8, 4) is 11.1 Å². The number of amides is 2. The van der Waals surface area contributed by atoms with Gasteiger partial charge < -0.3 is 15.2 Å². The first-order valence-corrected chi connectivity index (χ1v) is 15.0. The second kappa shape index (κ2) is 12.6. The van der Waals surface area contributed by atoms with Crippen molar-refractivity contribution in [2.24, 2.45) is 11.8 Å². The minimum atomic E-state index is -0.898. The number of aryl methyl sites for hydroxylation is 3. The summed E-state index contributed by atoms with van der Waals surface area (Å²) >= 11 is -0.898. The molecule has 2 amide bonds. The molecule has 2 atom stereocenters. The van der Waals surface area contributed by atoms with Crippen LogP contribution in [0, 0.1) is 25.7 Å². The van der Waals surface area contributed by atoms with Gasteiger partial charge in [0.2, 0.25) is 5.91 Å². The van der Waals surface area contributed by atoms with Crippen LogP contribution in [0.1, 0.15) is 60.9 Å². The van der Waals surface area contributed by atoms with Crippen LogP contribution in [0.25, 0.3) is 11.1 Å². The van der Waals surface area contributed by atoms with E-state index < -0.39 is 17.2 Å². The van der Waals surface area contributed by atoms with E-state index in [4.69, 9.17) is 0 Å². The molecule has 2 heterocycles. The van der Waals surface area contributed by atoms with Gasteiger partial charge in [-0.2, -0.15) is 10.2 Å². The van der Waals surface area contributed by atoms with Crippen LogP contribution in [-0.2, 0) is 22.5 Å². The van der Waals surface area contributed by atoms with Crippen molar-refractivity contribution in [2.45, 2.75) is 65.5 Å². The van der Waals surface area contributed by atoms with Crippen molar-refractivity contribution >= 4 is 28.7 Å². The van der Waals surface area contributed by atoms with Crippen LogP contribution < -0.4 is 10.6 Å². The zero-order valence-corrected chi connectivity index (χ0v) is 23.4. The zero-order chi connectivity index (χ0) is 27.2. The molecule has 1 aliphatic carbocycles. The van der Waals surface area contributed by atoms with Gasteiger partial charge in [0.05, 0.1) is 11.9 Å². The van der Waals surface area contributed by atoms with E-state index in [2.05, 4.69) is 32.9 Å². The van der Waals surface area contributed by atoms with E-state index in [0.29, 0.717) is 36.0 Å². The Labute approximate surface area is 227 Å². The molecular formula is C28H38N6O3S. The average Bonchev–Trinajstić information content (AvgIpc) is 3.49. The standard InChI is InChI=1S/C28H38N6O3S/c1-18-6-8-22(9-7-18)26(31-27(35)24-14-15-29-34(24)16-5-17-38(4)37)28(36)30-23-12-10-21(11-13-23)25-19(2)32-33-20(25)3/h10-15,18,22,26H,5-9,16-17H2,1-4H3,(H,30,36)(H,31,35)(H,32,33)/t18-,22-,26-,38?/m0/s1. The van der Waals surface area contributed by atoms with Gasteiger partial charge in [0, 0.05) is 36.1 Å². The molecule has 1 fully saturated rings. The highest BCUT2D eigenvalue weighted by atomic mass is 32.2. The van der Waals surface area contributed by atoms with E-state index in [1.165, 1.54) is 0 Å². The fourth-order valence-corrected chi connectivity index (χ4v) is 5.81. The molecule has 1 aromatic carbocycles. The summed E-state index contributed by atoms with van der Waals surface area (Å²) in [5.41, 5.74) is 5.10. The predicted molar refractivity (Wildman–Crippen MR) is 150 cm³/mol. The molecule has 0 aliphatic heterocycles. The first kappa shape index (κ1) is 27.9. The average molecular weight is 539 g/mol. The fourth-order valence-electron chi connectivity index (χ4n) is 5.27. The lowest BCUT2D eigenvalue weighted by Gasteiger charge is -2.32. The second-order valence-electron chi connectivity index (χ2n) is 10.4. The molecule has 3 N–H and O–H groups in total. The Morgan fingerprint density at radius 1 is 1.16 bits per heavy atom. The molecule has 0 saturated heterocycles. The van der Waals surface area contributed by atoms with Crippen LogP contribution in [0.2, 0.25) is 0 Å². The third-order valence-electron chi connectivity index (χ3n) is 7.42. The molecular weight excluding hydrogens is 500 g/mol. The van der Waals surface area contributed by atoms with Crippen LogP contribution in [0.5, 0.6) is 0 Å². The minimum absolute atomic E-state index is 0.0598. The summed E-state index contributed by atoms with van der Waals surface area (Å²) < 4.78 is 13.0. The summed E-state index contributed by atoms with van der Waals surface area (Å²) in [6.45, 7) is 6.68. The lowest BCUT2D eigenvalue weighted by molar-refractivity contribution is -0.119. The summed E-state index contributed by atoms with van der Waals surface area (Å²) in [4.78, 5) is 26.9. The highest BCUT2D eigenvalue weighted by molar-refractivity contribution is 7.90. The molecule has 1 aliphatic rings. The highest BCUT2D eigenvalue weighted by Gasteiger charge is 2.33. The number of anilines is 1. The Morgan fingerprint density at radius 3 is 2.50 bits per heavy atom. The van der Waals surface area contributed by atoms with Crippen molar-refractivity contribution in [3.05, 3.63) is 53.6 Å². The normalized spacial score (nSPS) is 19.1. The Morgan fingerprint density at radius 2 is 1.87 bits per heavy atom. The molecule has 0 bridgehead atoms. The Bertz CT molecular complexity index is 1210. The molecule has 4 rings (SSSR count). The molecule has 2 aromatic heterocycles. The Hall–Kier alpha value is -3.11. The Balaban J connectivity index is 1.48. The molecule has 0 radical (unpaired) electrons. The summed E-state index contributed by atoms with van der Waals surface area (Å²) in [5, 5.41) is 17.6. The largest absolute Gasteiger partial charge is 0.617 e. The second-order valence-corrected chi connectivity index (χ2v) is 12.0. The van der Waals surface area contributed by atoms with Crippen molar-refractivity contribution < 1.29 is 14.1 Å². The summed E-state index contributed by atoms with van der Waals surface area (Å²) in [5.74, 6) is 0.696. The molecule has 10 heteroatoms. The maximum Gasteiger partial charge on any atom is 0.270 e. The van der Waals surface area contributed by atoms with E-state index in [0.717, 1.165) is 48.2 Å². The molecule has 1 saturated carbocycles. The van der Waals surface area contributed by atoms with E-state index in [9.17, 15) is 14.1 Å². The maximum absolute atomic E-state index is 13.6. The molecule has 3 aromatic rings. The van der Waals surface area contributed by atoms with Gasteiger partial charge in [-0.25, -0.2) is 0 Å². The van der Waals surface area contributed by atoms with Crippen LogP contribution in [0.4, 0.5) is 5.69 Å². The topological polar surface area (TPSA) is 128 Å². The summed E-state index contributed by atoms with van der Waals surface area (Å²) in [6, 6.07) is 8.71. The van der Waals surface area contributed by atoms with Crippen LogP contribution >= 0.6 is 0 Å². The van der Waals surface area contributed by atoms with E-state index in [-0.39, 0.29) is 17.7 Å². The van der Waals surface area contributed by atoms with Gasteiger partial charge in [-0.1, -0.05) is 43.1 Å². The first-order valence-electron chi connectivity index (χ1n) is 13.3. The van der Waals surface area contributed by atoms with E-state index >= 15 is 0 Å². The third kappa shape index (κ3) is 6.85. The number of nitrogens with zero attached hydrogens (tertiary/aromatic N) is 3. The van der Waals surface area contributed by atoms with E-state index in [1.54, 1.807) is 23.2 Å². The van der Waals surface area contributed by atoms with Crippen molar-refractivity contribution in [2.75, 3.05) is 17.3 Å². The van der Waals surface area contributed by atoms with Crippen molar-refractivity contribution in [1.29, 1.82) is 0 Å². The van der Waals surface area contributed by atoms with Gasteiger partial charge in [0.1, 0.15) is 17.5 Å². The maximum atomic E-state index is 13.6. The van der Waals surface area contributed by atoms with E-state index in [1.807, 2.05) is 38.1 Å². The van der Waals surface area contributed by atoms with Crippen LogP contribution in [0.3, 0.4) is 0 Å².